The molecule has 0 radical (unpaired) electrons. The molecule has 7 heteroatoms. The number of pyridine rings is 2. The number of halogens is 2. The van der Waals surface area contributed by atoms with Gasteiger partial charge in [-0.25, -0.2) is 9.37 Å². The molecule has 0 bridgehead atoms. The third kappa shape index (κ3) is 6.23. The van der Waals surface area contributed by atoms with Crippen LogP contribution in [0.2, 0.25) is 5.02 Å². The Morgan fingerprint density at radius 2 is 1.94 bits per heavy atom. The van der Waals surface area contributed by atoms with Crippen molar-refractivity contribution in [1.29, 1.82) is 0 Å². The maximum atomic E-state index is 13.4. The highest BCUT2D eigenvalue weighted by Gasteiger charge is 2.11. The van der Waals surface area contributed by atoms with Crippen molar-refractivity contribution in [2.75, 3.05) is 38.0 Å². The molecule has 2 N–H and O–H groups in total. The smallest absolute Gasteiger partial charge is 0.126 e. The molecule has 5 nitrogen and oxygen atoms in total. The molecule has 0 saturated carbocycles. The summed E-state index contributed by atoms with van der Waals surface area (Å²) < 4.78 is 13.4. The molecule has 3 aromatic rings. The molecule has 4 rings (SSSR count). The summed E-state index contributed by atoms with van der Waals surface area (Å²) in [5, 5.41) is 7.22. The Labute approximate surface area is 187 Å². The van der Waals surface area contributed by atoms with Crippen molar-refractivity contribution in [2.45, 2.75) is 19.4 Å². The van der Waals surface area contributed by atoms with Crippen molar-refractivity contribution in [2.24, 2.45) is 0 Å². The van der Waals surface area contributed by atoms with Crippen molar-refractivity contribution >= 4 is 17.4 Å². The molecule has 1 aliphatic rings. The zero-order valence-corrected chi connectivity index (χ0v) is 18.2. The number of hydrogen-bond acceptors (Lipinski definition) is 5. The van der Waals surface area contributed by atoms with E-state index in [0.717, 1.165) is 73.9 Å². The minimum Gasteiger partial charge on any atom is -0.366 e. The molecule has 31 heavy (non-hydrogen) atoms. The predicted octanol–water partition coefficient (Wildman–Crippen LogP) is 4.39. The van der Waals surface area contributed by atoms with Gasteiger partial charge >= 0.3 is 0 Å². The zero-order chi connectivity index (χ0) is 21.5. The SMILES string of the molecule is Fc1cccc(CNc2cccc(-c3cc(CCCN4CCNCC4)ncc3Cl)n2)c1. The quantitative estimate of drug-likeness (QED) is 0.545. The van der Waals surface area contributed by atoms with E-state index in [1.807, 2.05) is 30.3 Å². The van der Waals surface area contributed by atoms with Crippen LogP contribution in [0, 0.1) is 5.82 Å². The number of nitrogens with one attached hydrogen (secondary N) is 2. The number of piperazine rings is 1. The highest BCUT2D eigenvalue weighted by molar-refractivity contribution is 6.33. The minimum atomic E-state index is -0.242. The van der Waals surface area contributed by atoms with E-state index in [1.54, 1.807) is 12.3 Å². The van der Waals surface area contributed by atoms with Crippen LogP contribution < -0.4 is 10.6 Å². The highest BCUT2D eigenvalue weighted by Crippen LogP contribution is 2.27. The second-order valence-corrected chi connectivity index (χ2v) is 8.15. The maximum Gasteiger partial charge on any atom is 0.126 e. The fourth-order valence-electron chi connectivity index (χ4n) is 3.76. The van der Waals surface area contributed by atoms with E-state index in [0.29, 0.717) is 11.6 Å². The van der Waals surface area contributed by atoms with Crippen LogP contribution >= 0.6 is 11.6 Å². The molecule has 0 spiro atoms. The molecule has 1 aromatic carbocycles. The summed E-state index contributed by atoms with van der Waals surface area (Å²) in [7, 11) is 0. The lowest BCUT2D eigenvalue weighted by Crippen LogP contribution is -2.43. The molecule has 1 saturated heterocycles. The molecule has 0 atom stereocenters. The molecule has 1 fully saturated rings. The molecule has 1 aliphatic heterocycles. The van der Waals surface area contributed by atoms with Gasteiger partial charge in [-0.1, -0.05) is 29.8 Å². The van der Waals surface area contributed by atoms with Gasteiger partial charge in [0, 0.05) is 50.2 Å². The third-order valence-corrected chi connectivity index (χ3v) is 5.72. The largest absolute Gasteiger partial charge is 0.366 e. The lowest BCUT2D eigenvalue weighted by molar-refractivity contribution is 0.238. The number of rotatable bonds is 8. The predicted molar refractivity (Wildman–Crippen MR) is 124 cm³/mol. The molecule has 162 valence electrons. The Hall–Kier alpha value is -2.54. The maximum absolute atomic E-state index is 13.4. The summed E-state index contributed by atoms with van der Waals surface area (Å²) in [6.45, 7) is 5.93. The van der Waals surface area contributed by atoms with Crippen LogP contribution in [0.3, 0.4) is 0 Å². The number of aryl methyl sites for hydroxylation is 1. The van der Waals surface area contributed by atoms with Gasteiger partial charge in [0.05, 0.1) is 10.7 Å². The molecule has 0 amide bonds. The average molecular weight is 440 g/mol. The van der Waals surface area contributed by atoms with E-state index in [2.05, 4.69) is 20.5 Å². The molecule has 2 aromatic heterocycles. The van der Waals surface area contributed by atoms with E-state index in [-0.39, 0.29) is 5.82 Å². The van der Waals surface area contributed by atoms with Crippen molar-refractivity contribution in [1.82, 2.24) is 20.2 Å². The van der Waals surface area contributed by atoms with Gasteiger partial charge in [-0.15, -0.1) is 0 Å². The Bertz CT molecular complexity index is 1010. The minimum absolute atomic E-state index is 0.242. The summed E-state index contributed by atoms with van der Waals surface area (Å²) >= 11 is 6.45. The summed E-state index contributed by atoms with van der Waals surface area (Å²) in [6.07, 6.45) is 3.69. The van der Waals surface area contributed by atoms with E-state index < -0.39 is 0 Å². The average Bonchev–Trinajstić information content (AvgIpc) is 2.80. The first kappa shape index (κ1) is 21.7. The Morgan fingerprint density at radius 1 is 1.10 bits per heavy atom. The van der Waals surface area contributed by atoms with Crippen molar-refractivity contribution < 1.29 is 4.39 Å². The fourth-order valence-corrected chi connectivity index (χ4v) is 3.96. The lowest BCUT2D eigenvalue weighted by Gasteiger charge is -2.26. The van der Waals surface area contributed by atoms with Crippen molar-refractivity contribution in [3.63, 3.8) is 0 Å². The molecular weight excluding hydrogens is 413 g/mol. The zero-order valence-electron chi connectivity index (χ0n) is 17.5. The van der Waals surface area contributed by atoms with Crippen LogP contribution in [0.15, 0.2) is 54.7 Å². The summed E-state index contributed by atoms with van der Waals surface area (Å²) in [5.41, 5.74) is 3.55. The first-order valence-electron chi connectivity index (χ1n) is 10.7. The topological polar surface area (TPSA) is 53.1 Å². The molecular formula is C24H27ClFN5. The van der Waals surface area contributed by atoms with Crippen LogP contribution in [0.5, 0.6) is 0 Å². The fraction of sp³-hybridized carbons (Fsp3) is 0.333. The Balaban J connectivity index is 1.41. The standard InChI is InChI=1S/C24H27ClFN5/c25-22-17-28-20(6-3-11-31-12-9-27-10-13-31)15-21(22)23-7-2-8-24(30-23)29-16-18-4-1-5-19(26)14-18/h1-2,4-5,7-8,14-15,17,27H,3,6,9-13,16H2,(H,29,30). The van der Waals surface area contributed by atoms with Crippen LogP contribution in [0.1, 0.15) is 17.7 Å². The molecule has 3 heterocycles. The Morgan fingerprint density at radius 3 is 2.77 bits per heavy atom. The second kappa shape index (κ2) is 10.7. The Kier molecular flexibility index (Phi) is 7.46. The summed E-state index contributed by atoms with van der Waals surface area (Å²) in [6, 6.07) is 14.4. The van der Waals surface area contributed by atoms with Gasteiger partial charge in [0.25, 0.3) is 0 Å². The first-order valence-corrected chi connectivity index (χ1v) is 11.1. The van der Waals surface area contributed by atoms with Gasteiger partial charge in [-0.05, 0) is 55.3 Å². The number of hydrogen-bond donors (Lipinski definition) is 2. The number of nitrogens with zero attached hydrogens (tertiary/aromatic N) is 3. The van der Waals surface area contributed by atoms with Crippen LogP contribution in [-0.4, -0.2) is 47.6 Å². The molecule has 0 unspecified atom stereocenters. The van der Waals surface area contributed by atoms with E-state index in [1.165, 1.54) is 12.1 Å². The van der Waals surface area contributed by atoms with Gasteiger partial charge in [-0.3, -0.25) is 4.98 Å². The van der Waals surface area contributed by atoms with Crippen molar-refractivity contribution in [3.8, 4) is 11.3 Å². The van der Waals surface area contributed by atoms with Gasteiger partial charge in [0.1, 0.15) is 11.6 Å². The first-order chi connectivity index (χ1) is 15.2. The highest BCUT2D eigenvalue weighted by atomic mass is 35.5. The van der Waals surface area contributed by atoms with E-state index in [9.17, 15) is 4.39 Å². The van der Waals surface area contributed by atoms with Gasteiger partial charge in [0.15, 0.2) is 0 Å². The van der Waals surface area contributed by atoms with Gasteiger partial charge in [-0.2, -0.15) is 0 Å². The summed E-state index contributed by atoms with van der Waals surface area (Å²) in [5.74, 6) is 0.476. The number of anilines is 1. The van der Waals surface area contributed by atoms with Crippen LogP contribution in [0.25, 0.3) is 11.3 Å². The monoisotopic (exact) mass is 439 g/mol. The van der Waals surface area contributed by atoms with E-state index in [4.69, 9.17) is 16.6 Å². The summed E-state index contributed by atoms with van der Waals surface area (Å²) in [4.78, 5) is 11.7. The third-order valence-electron chi connectivity index (χ3n) is 5.42. The normalized spacial score (nSPS) is 14.5. The lowest BCUT2D eigenvalue weighted by atomic mass is 10.1. The second-order valence-electron chi connectivity index (χ2n) is 7.74. The number of aromatic nitrogens is 2. The van der Waals surface area contributed by atoms with E-state index >= 15 is 0 Å². The van der Waals surface area contributed by atoms with Gasteiger partial charge < -0.3 is 15.5 Å². The van der Waals surface area contributed by atoms with Gasteiger partial charge in [0.2, 0.25) is 0 Å². The van der Waals surface area contributed by atoms with Crippen molar-refractivity contribution in [3.05, 3.63) is 76.8 Å². The number of benzene rings is 1. The molecule has 0 aliphatic carbocycles. The van der Waals surface area contributed by atoms with Crippen LogP contribution in [0.4, 0.5) is 10.2 Å². The van der Waals surface area contributed by atoms with Crippen LogP contribution in [-0.2, 0) is 13.0 Å².